The Balaban J connectivity index is 2.06. The fraction of sp³-hybridized carbons (Fsp3) is 0.652. The van der Waals surface area contributed by atoms with E-state index in [1.807, 2.05) is 38.1 Å². The summed E-state index contributed by atoms with van der Waals surface area (Å²) in [6.07, 6.45) is -1.81. The molecule has 1 aliphatic rings. The van der Waals surface area contributed by atoms with Gasteiger partial charge in [0, 0.05) is 32.5 Å². The molecule has 1 amide bonds. The summed E-state index contributed by atoms with van der Waals surface area (Å²) >= 11 is 0. The van der Waals surface area contributed by atoms with Gasteiger partial charge in [0.1, 0.15) is 18.5 Å². The highest BCUT2D eigenvalue weighted by atomic mass is 16.7. The van der Waals surface area contributed by atoms with Crippen LogP contribution in [0.5, 0.6) is 5.75 Å². The molecule has 3 N–H and O–H groups in total. The van der Waals surface area contributed by atoms with Crippen LogP contribution < -0.4 is 15.4 Å². The summed E-state index contributed by atoms with van der Waals surface area (Å²) in [5.41, 5.74) is 1.52. The first-order valence-corrected chi connectivity index (χ1v) is 11.2. The lowest BCUT2D eigenvalue weighted by molar-refractivity contribution is -0.184. The molecule has 0 spiro atoms. The zero-order chi connectivity index (χ0) is 23.7. The van der Waals surface area contributed by atoms with Crippen LogP contribution in [0.4, 0.5) is 5.69 Å². The molecule has 0 saturated carbocycles. The number of carbonyl (C=O) groups excluding carboxylic acids is 2. The van der Waals surface area contributed by atoms with E-state index in [-0.39, 0.29) is 37.2 Å². The monoisotopic (exact) mass is 451 g/mol. The SMILES string of the molecule is CCNc1ccc(COC(=O)C(C)C)cc1OC1CC(O)CC(C(=O)NCCN(C)C)O1. The third kappa shape index (κ3) is 8.29. The van der Waals surface area contributed by atoms with Crippen LogP contribution in [0.15, 0.2) is 18.2 Å². The maximum atomic E-state index is 12.5. The first kappa shape index (κ1) is 25.9. The van der Waals surface area contributed by atoms with Gasteiger partial charge in [-0.05, 0) is 38.7 Å². The number of carbonyl (C=O) groups is 2. The molecule has 9 nitrogen and oxygen atoms in total. The number of aliphatic hydroxyl groups excluding tert-OH is 1. The van der Waals surface area contributed by atoms with Crippen LogP contribution in [0, 0.1) is 5.92 Å². The number of likely N-dealkylation sites (N-methyl/N-ethyl adjacent to an activating group) is 1. The van der Waals surface area contributed by atoms with Crippen molar-refractivity contribution in [1.29, 1.82) is 0 Å². The largest absolute Gasteiger partial charge is 0.463 e. The number of aliphatic hydroxyl groups is 1. The lowest BCUT2D eigenvalue weighted by Crippen LogP contribution is -2.47. The van der Waals surface area contributed by atoms with E-state index in [1.165, 1.54) is 0 Å². The second-order valence-corrected chi connectivity index (χ2v) is 8.51. The molecule has 1 heterocycles. The number of amides is 1. The summed E-state index contributed by atoms with van der Waals surface area (Å²) in [4.78, 5) is 26.2. The Hall–Kier alpha value is -2.36. The van der Waals surface area contributed by atoms with Crippen LogP contribution in [0.25, 0.3) is 0 Å². The minimum Gasteiger partial charge on any atom is -0.463 e. The van der Waals surface area contributed by atoms with Gasteiger partial charge in [0.2, 0.25) is 12.2 Å². The molecule has 0 radical (unpaired) electrons. The summed E-state index contributed by atoms with van der Waals surface area (Å²) < 4.78 is 17.2. The van der Waals surface area contributed by atoms with E-state index in [4.69, 9.17) is 14.2 Å². The van der Waals surface area contributed by atoms with Crippen molar-refractivity contribution in [3.8, 4) is 5.75 Å². The Bertz CT molecular complexity index is 755. The molecule has 0 bridgehead atoms. The minimum atomic E-state index is -0.788. The quantitative estimate of drug-likeness (QED) is 0.437. The van der Waals surface area contributed by atoms with E-state index in [0.29, 0.717) is 25.4 Å². The average molecular weight is 452 g/mol. The highest BCUT2D eigenvalue weighted by Crippen LogP contribution is 2.30. The van der Waals surface area contributed by atoms with E-state index in [2.05, 4.69) is 10.6 Å². The Morgan fingerprint density at radius 1 is 1.28 bits per heavy atom. The molecular formula is C23H37N3O6. The maximum absolute atomic E-state index is 12.5. The third-order valence-electron chi connectivity index (χ3n) is 4.94. The molecule has 2 rings (SSSR count). The predicted molar refractivity (Wildman–Crippen MR) is 121 cm³/mol. The van der Waals surface area contributed by atoms with Crippen molar-refractivity contribution in [2.75, 3.05) is 39.0 Å². The molecular weight excluding hydrogens is 414 g/mol. The van der Waals surface area contributed by atoms with Crippen molar-refractivity contribution in [2.24, 2.45) is 5.92 Å². The molecule has 1 saturated heterocycles. The van der Waals surface area contributed by atoms with Gasteiger partial charge in [0.05, 0.1) is 17.7 Å². The first-order valence-electron chi connectivity index (χ1n) is 11.2. The zero-order valence-electron chi connectivity index (χ0n) is 19.7. The van der Waals surface area contributed by atoms with E-state index in [9.17, 15) is 14.7 Å². The average Bonchev–Trinajstić information content (AvgIpc) is 2.72. The Morgan fingerprint density at radius 2 is 2.03 bits per heavy atom. The Kier molecular flexibility index (Phi) is 10.2. The summed E-state index contributed by atoms with van der Waals surface area (Å²) in [7, 11) is 3.85. The van der Waals surface area contributed by atoms with Gasteiger partial charge in [-0.2, -0.15) is 0 Å². The number of esters is 1. The molecule has 3 unspecified atom stereocenters. The van der Waals surface area contributed by atoms with Crippen molar-refractivity contribution in [3.63, 3.8) is 0 Å². The fourth-order valence-electron chi connectivity index (χ4n) is 3.17. The van der Waals surface area contributed by atoms with Gasteiger partial charge in [-0.3, -0.25) is 9.59 Å². The topological polar surface area (TPSA) is 109 Å². The van der Waals surface area contributed by atoms with Crippen molar-refractivity contribution in [1.82, 2.24) is 10.2 Å². The Morgan fingerprint density at radius 3 is 2.69 bits per heavy atom. The van der Waals surface area contributed by atoms with Crippen molar-refractivity contribution in [3.05, 3.63) is 23.8 Å². The number of benzene rings is 1. The fourth-order valence-corrected chi connectivity index (χ4v) is 3.17. The van der Waals surface area contributed by atoms with Gasteiger partial charge in [0.25, 0.3) is 0 Å². The molecule has 1 fully saturated rings. The molecule has 9 heteroatoms. The standard InChI is InChI=1S/C23H37N3O6/c1-6-24-18-8-7-16(14-30-23(29)15(2)3)11-19(18)31-21-13-17(27)12-20(32-21)22(28)25-9-10-26(4)5/h7-8,11,15,17,20-21,24,27H,6,9-10,12-14H2,1-5H3,(H,25,28). The smallest absolute Gasteiger partial charge is 0.308 e. The molecule has 3 atom stereocenters. The first-order chi connectivity index (χ1) is 15.2. The van der Waals surface area contributed by atoms with Gasteiger partial charge in [-0.15, -0.1) is 0 Å². The molecule has 1 aliphatic heterocycles. The highest BCUT2D eigenvalue weighted by Gasteiger charge is 2.34. The molecule has 1 aromatic rings. The number of nitrogens with one attached hydrogen (secondary N) is 2. The maximum Gasteiger partial charge on any atom is 0.308 e. The van der Waals surface area contributed by atoms with E-state index in [1.54, 1.807) is 19.9 Å². The van der Waals surface area contributed by atoms with Crippen LogP contribution >= 0.6 is 0 Å². The second-order valence-electron chi connectivity index (χ2n) is 8.51. The van der Waals surface area contributed by atoms with Crippen LogP contribution in [-0.2, 0) is 25.7 Å². The third-order valence-corrected chi connectivity index (χ3v) is 4.94. The van der Waals surface area contributed by atoms with Gasteiger partial charge < -0.3 is 34.9 Å². The van der Waals surface area contributed by atoms with Crippen molar-refractivity contribution >= 4 is 17.6 Å². The summed E-state index contributed by atoms with van der Waals surface area (Å²) in [5.74, 6) is -0.231. The number of anilines is 1. The molecule has 1 aromatic carbocycles. The second kappa shape index (κ2) is 12.6. The normalized spacial score (nSPS) is 20.8. The van der Waals surface area contributed by atoms with Gasteiger partial charge in [0.15, 0.2) is 0 Å². The number of hydrogen-bond donors (Lipinski definition) is 3. The molecule has 0 aromatic heterocycles. The molecule has 180 valence electrons. The predicted octanol–water partition coefficient (Wildman–Crippen LogP) is 1.74. The summed E-state index contributed by atoms with van der Waals surface area (Å²) in [6.45, 7) is 7.55. The van der Waals surface area contributed by atoms with E-state index in [0.717, 1.165) is 11.3 Å². The van der Waals surface area contributed by atoms with Crippen LogP contribution in [0.2, 0.25) is 0 Å². The molecule has 32 heavy (non-hydrogen) atoms. The highest BCUT2D eigenvalue weighted by molar-refractivity contribution is 5.80. The summed E-state index contributed by atoms with van der Waals surface area (Å²) in [5, 5.41) is 16.4. The van der Waals surface area contributed by atoms with E-state index >= 15 is 0 Å². The number of nitrogens with zero attached hydrogens (tertiary/aromatic N) is 1. The summed E-state index contributed by atoms with van der Waals surface area (Å²) in [6, 6.07) is 5.49. The zero-order valence-corrected chi connectivity index (χ0v) is 19.7. The van der Waals surface area contributed by atoms with Gasteiger partial charge >= 0.3 is 5.97 Å². The number of rotatable bonds is 11. The van der Waals surface area contributed by atoms with Crippen molar-refractivity contribution in [2.45, 2.75) is 58.7 Å². The number of hydrogen-bond acceptors (Lipinski definition) is 8. The van der Waals surface area contributed by atoms with Crippen LogP contribution in [0.1, 0.15) is 39.2 Å². The molecule has 0 aliphatic carbocycles. The van der Waals surface area contributed by atoms with Crippen LogP contribution in [-0.4, -0.2) is 74.1 Å². The van der Waals surface area contributed by atoms with Crippen molar-refractivity contribution < 1.29 is 28.9 Å². The minimum absolute atomic E-state index is 0.130. The van der Waals surface area contributed by atoms with Crippen LogP contribution in [0.3, 0.4) is 0 Å². The van der Waals surface area contributed by atoms with Gasteiger partial charge in [-0.1, -0.05) is 19.9 Å². The number of ether oxygens (including phenoxy) is 3. The lowest BCUT2D eigenvalue weighted by atomic mass is 10.0. The Labute approximate surface area is 190 Å². The van der Waals surface area contributed by atoms with Gasteiger partial charge in [-0.25, -0.2) is 0 Å². The lowest BCUT2D eigenvalue weighted by Gasteiger charge is -2.33. The van der Waals surface area contributed by atoms with E-state index < -0.39 is 18.5 Å².